The molecule has 0 unspecified atom stereocenters. The van der Waals surface area contributed by atoms with Gasteiger partial charge in [-0.15, -0.1) is 0 Å². The van der Waals surface area contributed by atoms with Gasteiger partial charge in [-0.25, -0.2) is 16.8 Å². The average Bonchev–Trinajstić information content (AvgIpc) is 2.76. The molecule has 0 atom stereocenters. The van der Waals surface area contributed by atoms with Crippen molar-refractivity contribution in [1.82, 2.24) is 0 Å². The zero-order chi connectivity index (χ0) is 26.5. The van der Waals surface area contributed by atoms with Crippen molar-refractivity contribution >= 4 is 77.8 Å². The number of sulfonamides is 2. The van der Waals surface area contributed by atoms with Crippen molar-refractivity contribution in [1.29, 1.82) is 0 Å². The summed E-state index contributed by atoms with van der Waals surface area (Å²) < 4.78 is 53.2. The molecule has 0 aromatic heterocycles. The first kappa shape index (κ1) is 28.1. The number of nitrogens with zero attached hydrogens (tertiary/aromatic N) is 1. The number of rotatable bonds is 10. The maximum absolute atomic E-state index is 12.6. The van der Waals surface area contributed by atoms with Crippen LogP contribution in [0.4, 0.5) is 17.1 Å². The number of halogens is 3. The Kier molecular flexibility index (Phi) is 9.13. The van der Waals surface area contributed by atoms with E-state index in [1.54, 1.807) is 24.3 Å². The van der Waals surface area contributed by atoms with Gasteiger partial charge in [-0.1, -0.05) is 34.8 Å². The van der Waals surface area contributed by atoms with Crippen LogP contribution in [-0.4, -0.2) is 35.5 Å². The lowest BCUT2D eigenvalue weighted by Gasteiger charge is -2.22. The van der Waals surface area contributed by atoms with Crippen molar-refractivity contribution in [2.24, 2.45) is 0 Å². The number of nitrogens with one attached hydrogen (secondary N) is 2. The molecule has 36 heavy (non-hydrogen) atoms. The summed E-state index contributed by atoms with van der Waals surface area (Å²) in [4.78, 5) is 12.3. The highest BCUT2D eigenvalue weighted by molar-refractivity contribution is 7.92. The number of amides is 1. The molecule has 0 bridgehead atoms. The van der Waals surface area contributed by atoms with Gasteiger partial charge in [-0.05, 0) is 73.2 Å². The van der Waals surface area contributed by atoms with E-state index in [-0.39, 0.29) is 45.9 Å². The van der Waals surface area contributed by atoms with Gasteiger partial charge >= 0.3 is 0 Å². The zero-order valence-corrected chi connectivity index (χ0v) is 22.8. The summed E-state index contributed by atoms with van der Waals surface area (Å²) in [6.07, 6.45) is 1.41. The molecule has 3 aromatic carbocycles. The summed E-state index contributed by atoms with van der Waals surface area (Å²) in [6, 6.07) is 16.3. The topological polar surface area (TPSA) is 113 Å². The van der Waals surface area contributed by atoms with E-state index in [1.165, 1.54) is 46.8 Å². The number of hydrogen-bond acceptors (Lipinski definition) is 5. The van der Waals surface area contributed by atoms with Crippen LogP contribution >= 0.6 is 34.8 Å². The van der Waals surface area contributed by atoms with Gasteiger partial charge in [0, 0.05) is 33.7 Å². The summed E-state index contributed by atoms with van der Waals surface area (Å²) in [6.45, 7) is 0.101. The van der Waals surface area contributed by atoms with Gasteiger partial charge in [0.15, 0.2) is 0 Å². The second-order valence-electron chi connectivity index (χ2n) is 7.75. The van der Waals surface area contributed by atoms with Gasteiger partial charge in [0.25, 0.3) is 10.0 Å². The number of carbonyl (C=O) groups is 1. The fourth-order valence-electron chi connectivity index (χ4n) is 3.24. The monoisotopic (exact) mass is 589 g/mol. The molecule has 0 aliphatic rings. The first-order valence-corrected chi connectivity index (χ1v) is 14.9. The number of anilines is 3. The van der Waals surface area contributed by atoms with Crippen LogP contribution in [0.5, 0.6) is 0 Å². The molecule has 0 saturated heterocycles. The Hall–Kier alpha value is -2.50. The third-order valence-electron chi connectivity index (χ3n) is 4.84. The predicted octanol–water partition coefficient (Wildman–Crippen LogP) is 5.63. The molecule has 3 aromatic rings. The van der Waals surface area contributed by atoms with Gasteiger partial charge < -0.3 is 5.32 Å². The highest BCUT2D eigenvalue weighted by Gasteiger charge is 2.18. The molecular weight excluding hydrogens is 569 g/mol. The highest BCUT2D eigenvalue weighted by Crippen LogP contribution is 2.25. The number of benzene rings is 3. The van der Waals surface area contributed by atoms with E-state index >= 15 is 0 Å². The molecule has 2 N–H and O–H groups in total. The Balaban J connectivity index is 1.58. The molecule has 13 heteroatoms. The molecular formula is C23H22Cl3N3O5S2. The summed E-state index contributed by atoms with van der Waals surface area (Å²) in [5, 5.41) is 3.72. The Morgan fingerprint density at radius 3 is 1.94 bits per heavy atom. The van der Waals surface area contributed by atoms with Crippen LogP contribution in [0.25, 0.3) is 0 Å². The van der Waals surface area contributed by atoms with Crippen LogP contribution in [0, 0.1) is 0 Å². The van der Waals surface area contributed by atoms with Gasteiger partial charge in [0.1, 0.15) is 0 Å². The van der Waals surface area contributed by atoms with Crippen molar-refractivity contribution in [2.45, 2.75) is 17.7 Å². The molecule has 0 radical (unpaired) electrons. The fourth-order valence-corrected chi connectivity index (χ4v) is 5.90. The van der Waals surface area contributed by atoms with Crippen LogP contribution in [0.15, 0.2) is 71.6 Å². The minimum Gasteiger partial charge on any atom is -0.326 e. The number of carbonyl (C=O) groups excluding carboxylic acids is 1. The van der Waals surface area contributed by atoms with Gasteiger partial charge in [0.05, 0.1) is 22.5 Å². The van der Waals surface area contributed by atoms with E-state index in [1.807, 2.05) is 0 Å². The van der Waals surface area contributed by atoms with Crippen molar-refractivity contribution in [2.75, 3.05) is 27.1 Å². The van der Waals surface area contributed by atoms with Gasteiger partial charge in [-0.3, -0.25) is 13.8 Å². The summed E-state index contributed by atoms with van der Waals surface area (Å²) in [7, 11) is -7.46. The predicted molar refractivity (Wildman–Crippen MR) is 145 cm³/mol. The maximum Gasteiger partial charge on any atom is 0.261 e. The smallest absolute Gasteiger partial charge is 0.261 e. The van der Waals surface area contributed by atoms with Gasteiger partial charge in [0.2, 0.25) is 15.9 Å². The minimum absolute atomic E-state index is 0.0247. The zero-order valence-electron chi connectivity index (χ0n) is 18.9. The van der Waals surface area contributed by atoms with E-state index in [9.17, 15) is 21.6 Å². The standard InChI is InChI=1S/C23H22Cl3N3O5S2/c1-35(31,32)29(21-8-4-16(24)5-9-21)12-2-3-23(30)27-19-6-10-22(11-7-19)36(33,34)28-20-14-17(25)13-18(26)15-20/h4-11,13-15,28H,2-3,12H2,1H3,(H,27,30). The molecule has 8 nitrogen and oxygen atoms in total. The normalized spacial score (nSPS) is 11.7. The Bertz CT molecular complexity index is 1430. The summed E-state index contributed by atoms with van der Waals surface area (Å²) in [5.74, 6) is -0.346. The summed E-state index contributed by atoms with van der Waals surface area (Å²) in [5.41, 5.74) is 1.06. The molecule has 0 heterocycles. The summed E-state index contributed by atoms with van der Waals surface area (Å²) >= 11 is 17.7. The molecule has 0 aliphatic heterocycles. The van der Waals surface area contributed by atoms with Crippen LogP contribution in [0.3, 0.4) is 0 Å². The van der Waals surface area contributed by atoms with Crippen LogP contribution in [0.2, 0.25) is 15.1 Å². The largest absolute Gasteiger partial charge is 0.326 e. The molecule has 192 valence electrons. The SMILES string of the molecule is CS(=O)(=O)N(CCCC(=O)Nc1ccc(S(=O)(=O)Nc2cc(Cl)cc(Cl)c2)cc1)c1ccc(Cl)cc1. The fraction of sp³-hybridized carbons (Fsp3) is 0.174. The van der Waals surface area contributed by atoms with E-state index in [0.717, 1.165) is 6.26 Å². The molecule has 0 aliphatic carbocycles. The van der Waals surface area contributed by atoms with Crippen LogP contribution in [-0.2, 0) is 24.8 Å². The molecule has 0 fully saturated rings. The van der Waals surface area contributed by atoms with E-state index in [4.69, 9.17) is 34.8 Å². The third kappa shape index (κ3) is 8.01. The van der Waals surface area contributed by atoms with Crippen molar-refractivity contribution in [3.05, 3.63) is 81.8 Å². The number of hydrogen-bond donors (Lipinski definition) is 2. The first-order chi connectivity index (χ1) is 16.8. The van der Waals surface area contributed by atoms with Crippen molar-refractivity contribution in [3.63, 3.8) is 0 Å². The molecule has 0 saturated carbocycles. The van der Waals surface area contributed by atoms with E-state index in [0.29, 0.717) is 16.4 Å². The van der Waals surface area contributed by atoms with E-state index in [2.05, 4.69) is 10.0 Å². The van der Waals surface area contributed by atoms with Crippen molar-refractivity contribution in [3.8, 4) is 0 Å². The van der Waals surface area contributed by atoms with Crippen LogP contribution in [0.1, 0.15) is 12.8 Å². The Labute approximate surface area is 225 Å². The minimum atomic E-state index is -3.91. The average molecular weight is 591 g/mol. The highest BCUT2D eigenvalue weighted by atomic mass is 35.5. The van der Waals surface area contributed by atoms with Crippen molar-refractivity contribution < 1.29 is 21.6 Å². The lowest BCUT2D eigenvalue weighted by molar-refractivity contribution is -0.116. The third-order valence-corrected chi connectivity index (χ3v) is 8.12. The van der Waals surface area contributed by atoms with Crippen LogP contribution < -0.4 is 14.3 Å². The second-order valence-corrected chi connectivity index (χ2v) is 12.6. The first-order valence-electron chi connectivity index (χ1n) is 10.5. The molecule has 1 amide bonds. The lowest BCUT2D eigenvalue weighted by Crippen LogP contribution is -2.31. The molecule has 3 rings (SSSR count). The second kappa shape index (κ2) is 11.7. The van der Waals surface area contributed by atoms with E-state index < -0.39 is 20.0 Å². The Morgan fingerprint density at radius 1 is 0.806 bits per heavy atom. The van der Waals surface area contributed by atoms with Gasteiger partial charge in [-0.2, -0.15) is 0 Å². The quantitative estimate of drug-likeness (QED) is 0.318. The lowest BCUT2D eigenvalue weighted by atomic mass is 10.2. The molecule has 0 spiro atoms. The maximum atomic E-state index is 12.6. The Morgan fingerprint density at radius 2 is 1.39 bits per heavy atom.